The van der Waals surface area contributed by atoms with Gasteiger partial charge in [0.25, 0.3) is 0 Å². The SMILES string of the molecule is CC[C@@H]1CN(Cc2cc([C@@H](c3ccc(NC)c(N=N)c3C)C(C)(C)C(=O)Nc3cccnc3)ccc2C)Cc2cnccc2O1.[HH]. The Morgan fingerprint density at radius 3 is 2.67 bits per heavy atom. The van der Waals surface area contributed by atoms with Crippen molar-refractivity contribution in [2.45, 2.75) is 66.2 Å². The summed E-state index contributed by atoms with van der Waals surface area (Å²) in [5.74, 6) is 0.451. The zero-order chi connectivity index (χ0) is 32.1. The van der Waals surface area contributed by atoms with Gasteiger partial charge in [-0.3, -0.25) is 19.7 Å². The first-order valence-corrected chi connectivity index (χ1v) is 15.5. The van der Waals surface area contributed by atoms with Gasteiger partial charge in [-0.05, 0) is 72.4 Å². The van der Waals surface area contributed by atoms with Gasteiger partial charge < -0.3 is 15.4 Å². The lowest BCUT2D eigenvalue weighted by atomic mass is 9.69. The summed E-state index contributed by atoms with van der Waals surface area (Å²) in [6, 6.07) is 16.1. The molecule has 1 amide bonds. The van der Waals surface area contributed by atoms with Crippen molar-refractivity contribution >= 4 is 23.0 Å². The Hall–Kier alpha value is -4.63. The van der Waals surface area contributed by atoms with Crippen molar-refractivity contribution in [1.29, 1.82) is 5.53 Å². The summed E-state index contributed by atoms with van der Waals surface area (Å²) in [7, 11) is 1.82. The molecule has 0 aliphatic carbocycles. The molecule has 0 unspecified atom stereocenters. The molecular formula is C36H45N7O2. The fourth-order valence-electron chi connectivity index (χ4n) is 6.29. The molecule has 0 spiro atoms. The number of carbonyl (C=O) groups is 1. The minimum Gasteiger partial charge on any atom is -0.489 e. The molecule has 3 heterocycles. The number of nitrogens with one attached hydrogen (secondary N) is 3. The van der Waals surface area contributed by atoms with E-state index in [4.69, 9.17) is 10.3 Å². The smallest absolute Gasteiger partial charge is 0.231 e. The van der Waals surface area contributed by atoms with Crippen LogP contribution in [-0.2, 0) is 17.9 Å². The monoisotopic (exact) mass is 607 g/mol. The summed E-state index contributed by atoms with van der Waals surface area (Å²) in [6.45, 7) is 12.5. The molecule has 9 nitrogen and oxygen atoms in total. The van der Waals surface area contributed by atoms with Crippen LogP contribution in [0.3, 0.4) is 0 Å². The maximum Gasteiger partial charge on any atom is 0.231 e. The Bertz CT molecular complexity index is 1680. The Morgan fingerprint density at radius 2 is 1.96 bits per heavy atom. The van der Waals surface area contributed by atoms with Crippen molar-refractivity contribution < 1.29 is 11.0 Å². The summed E-state index contributed by atoms with van der Waals surface area (Å²) in [4.78, 5) is 25.0. The van der Waals surface area contributed by atoms with Gasteiger partial charge in [-0.1, -0.05) is 45.0 Å². The molecule has 0 bridgehead atoms. The molecule has 1 aliphatic rings. The van der Waals surface area contributed by atoms with Crippen molar-refractivity contribution in [3.63, 3.8) is 0 Å². The molecule has 1 aliphatic heterocycles. The van der Waals surface area contributed by atoms with Crippen LogP contribution in [0.15, 0.2) is 78.4 Å². The van der Waals surface area contributed by atoms with Crippen LogP contribution < -0.4 is 15.4 Å². The summed E-state index contributed by atoms with van der Waals surface area (Å²) >= 11 is 0. The van der Waals surface area contributed by atoms with E-state index in [9.17, 15) is 4.79 Å². The Labute approximate surface area is 267 Å². The van der Waals surface area contributed by atoms with Gasteiger partial charge in [0.05, 0.1) is 23.0 Å². The number of aryl methyl sites for hydroxylation is 1. The highest BCUT2D eigenvalue weighted by Gasteiger charge is 2.40. The van der Waals surface area contributed by atoms with Gasteiger partial charge in [0.1, 0.15) is 17.5 Å². The van der Waals surface area contributed by atoms with Gasteiger partial charge in [0.15, 0.2) is 0 Å². The van der Waals surface area contributed by atoms with Crippen molar-refractivity contribution in [3.05, 3.63) is 107 Å². The fraction of sp³-hybridized carbons (Fsp3) is 0.361. The molecule has 0 saturated carbocycles. The van der Waals surface area contributed by atoms with Crippen molar-refractivity contribution in [1.82, 2.24) is 14.9 Å². The van der Waals surface area contributed by atoms with Crippen LogP contribution in [0.5, 0.6) is 5.75 Å². The van der Waals surface area contributed by atoms with E-state index < -0.39 is 5.41 Å². The van der Waals surface area contributed by atoms with E-state index in [-0.39, 0.29) is 19.4 Å². The van der Waals surface area contributed by atoms with E-state index in [1.807, 2.05) is 52.2 Å². The average molecular weight is 608 g/mol. The van der Waals surface area contributed by atoms with E-state index in [0.717, 1.165) is 59.7 Å². The molecule has 4 aromatic rings. The highest BCUT2D eigenvalue weighted by Crippen LogP contribution is 2.46. The average Bonchev–Trinajstić information content (AvgIpc) is 3.22. The number of aromatic nitrogens is 2. The maximum atomic E-state index is 14.1. The molecule has 236 valence electrons. The van der Waals surface area contributed by atoms with E-state index in [1.54, 1.807) is 24.7 Å². The maximum absolute atomic E-state index is 14.1. The molecule has 3 N–H and O–H groups in total. The van der Waals surface area contributed by atoms with Gasteiger partial charge in [0, 0.05) is 58.2 Å². The predicted octanol–water partition coefficient (Wildman–Crippen LogP) is 8.01. The quantitative estimate of drug-likeness (QED) is 0.157. The van der Waals surface area contributed by atoms with Crippen LogP contribution in [0, 0.1) is 24.8 Å². The third kappa shape index (κ3) is 6.73. The Kier molecular flexibility index (Phi) is 9.58. The van der Waals surface area contributed by atoms with Gasteiger partial charge in [-0.15, -0.1) is 0 Å². The lowest BCUT2D eigenvalue weighted by molar-refractivity contribution is -0.124. The number of carbonyl (C=O) groups excluding carboxylic acids is 1. The van der Waals surface area contributed by atoms with E-state index in [0.29, 0.717) is 11.4 Å². The van der Waals surface area contributed by atoms with Gasteiger partial charge in [0.2, 0.25) is 5.91 Å². The number of anilines is 2. The van der Waals surface area contributed by atoms with Crippen LogP contribution in [0.2, 0.25) is 0 Å². The van der Waals surface area contributed by atoms with Crippen LogP contribution in [0.4, 0.5) is 17.1 Å². The summed E-state index contributed by atoms with van der Waals surface area (Å²) in [6.07, 6.45) is 8.01. The molecule has 0 fully saturated rings. The summed E-state index contributed by atoms with van der Waals surface area (Å²) in [5, 5.41) is 10.1. The number of rotatable bonds is 10. The molecule has 2 aromatic carbocycles. The summed E-state index contributed by atoms with van der Waals surface area (Å²) < 4.78 is 6.34. The second-order valence-corrected chi connectivity index (χ2v) is 12.4. The highest BCUT2D eigenvalue weighted by molar-refractivity contribution is 5.96. The largest absolute Gasteiger partial charge is 0.489 e. The standard InChI is InChI=1S/C36H43N7O2.H2/c1-7-29-22-43(21-27-18-40-16-14-32(27)45-29)20-26-17-25(11-10-23(26)2)33(30-12-13-31(38-6)34(42-37)24(30)3)36(4,5)35(44)41-28-9-8-15-39-19-28;/h8-19,29,33,37-38H,7,20-22H2,1-6H3,(H,41,44);1H/t29-,33+;/m1./s1. The number of ether oxygens (including phenoxy) is 1. The fourth-order valence-corrected chi connectivity index (χ4v) is 6.29. The normalized spacial score (nSPS) is 15.7. The first-order chi connectivity index (χ1) is 21.7. The molecule has 45 heavy (non-hydrogen) atoms. The number of benzene rings is 2. The lowest BCUT2D eigenvalue weighted by Crippen LogP contribution is -2.37. The van der Waals surface area contributed by atoms with E-state index in [1.165, 1.54) is 11.1 Å². The Morgan fingerprint density at radius 1 is 1.16 bits per heavy atom. The zero-order valence-electron chi connectivity index (χ0n) is 27.0. The van der Waals surface area contributed by atoms with Crippen molar-refractivity contribution in [3.8, 4) is 5.75 Å². The zero-order valence-corrected chi connectivity index (χ0v) is 27.0. The van der Waals surface area contributed by atoms with Gasteiger partial charge >= 0.3 is 0 Å². The second-order valence-electron chi connectivity index (χ2n) is 12.4. The third-order valence-corrected chi connectivity index (χ3v) is 8.96. The van der Waals surface area contributed by atoms with Crippen LogP contribution >= 0.6 is 0 Å². The molecule has 0 radical (unpaired) electrons. The van der Waals surface area contributed by atoms with Crippen LogP contribution in [0.1, 0.15) is 67.9 Å². The van der Waals surface area contributed by atoms with Crippen LogP contribution in [0.25, 0.3) is 0 Å². The van der Waals surface area contributed by atoms with E-state index >= 15 is 0 Å². The molecule has 5 rings (SSSR count). The lowest BCUT2D eigenvalue weighted by Gasteiger charge is -2.36. The number of pyridine rings is 2. The Balaban J connectivity index is 0.00000480. The number of hydrogen-bond donors (Lipinski definition) is 3. The number of amides is 1. The number of nitrogens with zero attached hydrogens (tertiary/aromatic N) is 4. The van der Waals surface area contributed by atoms with Gasteiger partial charge in [-0.2, -0.15) is 5.11 Å². The third-order valence-electron chi connectivity index (χ3n) is 8.96. The topological polar surface area (TPSA) is 116 Å². The minimum atomic E-state index is -0.887. The number of hydrogen-bond acceptors (Lipinski definition) is 8. The molecule has 9 heteroatoms. The van der Waals surface area contributed by atoms with Crippen molar-refractivity contribution in [2.75, 3.05) is 24.2 Å². The predicted molar refractivity (Wildman–Crippen MR) is 180 cm³/mol. The number of fused-ring (bicyclic) bond motifs is 1. The molecule has 0 saturated heterocycles. The molecule has 2 atom stereocenters. The van der Waals surface area contributed by atoms with E-state index in [2.05, 4.69) is 68.7 Å². The van der Waals surface area contributed by atoms with Crippen LogP contribution in [-0.4, -0.2) is 40.5 Å². The second kappa shape index (κ2) is 13.6. The molecule has 2 aromatic heterocycles. The first-order valence-electron chi connectivity index (χ1n) is 15.5. The first kappa shape index (κ1) is 31.8. The summed E-state index contributed by atoms with van der Waals surface area (Å²) in [5.41, 5.74) is 15.4. The van der Waals surface area contributed by atoms with Crippen molar-refractivity contribution in [2.24, 2.45) is 10.5 Å². The highest BCUT2D eigenvalue weighted by atomic mass is 16.5. The van der Waals surface area contributed by atoms with Gasteiger partial charge in [-0.25, -0.2) is 5.53 Å². The minimum absolute atomic E-state index is 0. The molecular weight excluding hydrogens is 562 g/mol.